The molecule has 0 atom stereocenters. The van der Waals surface area contributed by atoms with Gasteiger partial charge in [-0.25, -0.2) is 13.8 Å². The lowest BCUT2D eigenvalue weighted by Crippen LogP contribution is -2.04. The Hall–Kier alpha value is -2.17. The second-order valence-electron chi connectivity index (χ2n) is 4.12. The third kappa shape index (κ3) is 2.99. The van der Waals surface area contributed by atoms with Crippen LogP contribution in [0, 0.1) is 18.6 Å². The third-order valence-electron chi connectivity index (χ3n) is 2.64. The van der Waals surface area contributed by atoms with Gasteiger partial charge in [-0.1, -0.05) is 12.1 Å². The van der Waals surface area contributed by atoms with E-state index >= 15 is 0 Å². The summed E-state index contributed by atoms with van der Waals surface area (Å²) in [4.78, 5) is 4.21. The van der Waals surface area contributed by atoms with Crippen molar-refractivity contribution in [2.75, 3.05) is 17.2 Å². The van der Waals surface area contributed by atoms with Crippen LogP contribution < -0.4 is 10.6 Å². The highest BCUT2D eigenvalue weighted by Gasteiger charge is 2.12. The van der Waals surface area contributed by atoms with Gasteiger partial charge in [-0.2, -0.15) is 0 Å². The number of hydrogen-bond donors (Lipinski definition) is 2. The largest absolute Gasteiger partial charge is 0.370 e. The maximum Gasteiger partial charge on any atom is 0.152 e. The molecular formula is C14H15F2N3. The molecule has 2 aromatic rings. The van der Waals surface area contributed by atoms with Crippen molar-refractivity contribution in [2.24, 2.45) is 0 Å². The zero-order valence-corrected chi connectivity index (χ0v) is 10.8. The van der Waals surface area contributed by atoms with E-state index in [1.807, 2.05) is 6.92 Å². The molecule has 0 aliphatic rings. The molecule has 3 nitrogen and oxygen atoms in total. The van der Waals surface area contributed by atoms with Crippen LogP contribution in [-0.4, -0.2) is 11.5 Å². The summed E-state index contributed by atoms with van der Waals surface area (Å²) in [5.41, 5.74) is 0.202. The highest BCUT2D eigenvalue weighted by molar-refractivity contribution is 5.60. The summed E-state index contributed by atoms with van der Waals surface area (Å²) in [6, 6.07) is 7.84. The Kier molecular flexibility index (Phi) is 3.94. The minimum atomic E-state index is -0.640. The highest BCUT2D eigenvalue weighted by atomic mass is 19.1. The molecule has 0 fully saturated rings. The van der Waals surface area contributed by atoms with Crippen molar-refractivity contribution in [1.29, 1.82) is 0 Å². The first-order valence-electron chi connectivity index (χ1n) is 6.04. The van der Waals surface area contributed by atoms with Crippen LogP contribution in [0.4, 0.5) is 26.1 Å². The molecule has 5 heteroatoms. The summed E-state index contributed by atoms with van der Waals surface area (Å²) in [5.74, 6) is -0.197. The van der Waals surface area contributed by atoms with Gasteiger partial charge >= 0.3 is 0 Å². The van der Waals surface area contributed by atoms with E-state index in [0.717, 1.165) is 6.54 Å². The summed E-state index contributed by atoms with van der Waals surface area (Å²) in [5, 5.41) is 5.71. The van der Waals surface area contributed by atoms with Gasteiger partial charge in [0.15, 0.2) is 5.82 Å². The van der Waals surface area contributed by atoms with Crippen LogP contribution in [0.2, 0.25) is 0 Å². The van der Waals surface area contributed by atoms with Crippen molar-refractivity contribution >= 4 is 17.3 Å². The van der Waals surface area contributed by atoms with Gasteiger partial charge < -0.3 is 10.6 Å². The molecule has 2 N–H and O–H groups in total. The van der Waals surface area contributed by atoms with Crippen LogP contribution in [0.1, 0.15) is 12.5 Å². The molecule has 19 heavy (non-hydrogen) atoms. The Morgan fingerprint density at radius 1 is 1.11 bits per heavy atom. The van der Waals surface area contributed by atoms with Crippen LogP contribution in [0.15, 0.2) is 30.3 Å². The average molecular weight is 263 g/mol. The first-order valence-corrected chi connectivity index (χ1v) is 6.04. The highest BCUT2D eigenvalue weighted by Crippen LogP contribution is 2.25. The molecule has 0 unspecified atom stereocenters. The molecule has 0 spiro atoms. The van der Waals surface area contributed by atoms with E-state index in [9.17, 15) is 8.78 Å². The Balaban J connectivity index is 2.31. The monoisotopic (exact) mass is 263 g/mol. The molecule has 0 bridgehead atoms. The van der Waals surface area contributed by atoms with E-state index in [1.165, 1.54) is 12.1 Å². The zero-order chi connectivity index (χ0) is 13.8. The predicted octanol–water partition coefficient (Wildman–Crippen LogP) is 3.84. The Bertz CT molecular complexity index is 585. The molecule has 100 valence electrons. The van der Waals surface area contributed by atoms with Crippen LogP contribution in [0.25, 0.3) is 0 Å². The van der Waals surface area contributed by atoms with Gasteiger partial charge in [-0.3, -0.25) is 0 Å². The normalized spacial score (nSPS) is 10.3. The van der Waals surface area contributed by atoms with E-state index in [2.05, 4.69) is 15.6 Å². The molecule has 0 saturated carbocycles. The van der Waals surface area contributed by atoms with Crippen LogP contribution in [0.5, 0.6) is 0 Å². The van der Waals surface area contributed by atoms with Gasteiger partial charge in [-0.05, 0) is 37.6 Å². The number of pyridine rings is 1. The molecule has 0 aliphatic carbocycles. The fourth-order valence-corrected chi connectivity index (χ4v) is 1.68. The average Bonchev–Trinajstić information content (AvgIpc) is 2.40. The second kappa shape index (κ2) is 5.65. The molecule has 0 saturated heterocycles. The summed E-state index contributed by atoms with van der Waals surface area (Å²) in [6.07, 6.45) is 0. The van der Waals surface area contributed by atoms with Gasteiger partial charge in [0, 0.05) is 6.54 Å². The standard InChI is InChI=1S/C14H15F2N3/c1-3-17-11-5-4-6-12(18-11)19-14-10(15)8-7-9(2)13(14)16/h4-8H,3H2,1-2H3,(H2,17,18,19). The molecule has 0 radical (unpaired) electrons. The minimum Gasteiger partial charge on any atom is -0.370 e. The Morgan fingerprint density at radius 2 is 1.84 bits per heavy atom. The molecule has 0 amide bonds. The van der Waals surface area contributed by atoms with Crippen molar-refractivity contribution in [3.63, 3.8) is 0 Å². The van der Waals surface area contributed by atoms with E-state index in [-0.39, 0.29) is 5.69 Å². The van der Waals surface area contributed by atoms with E-state index in [4.69, 9.17) is 0 Å². The number of benzene rings is 1. The van der Waals surface area contributed by atoms with E-state index < -0.39 is 11.6 Å². The third-order valence-corrected chi connectivity index (χ3v) is 2.64. The fourth-order valence-electron chi connectivity index (χ4n) is 1.68. The van der Waals surface area contributed by atoms with Gasteiger partial charge in [-0.15, -0.1) is 0 Å². The van der Waals surface area contributed by atoms with Crippen LogP contribution in [-0.2, 0) is 0 Å². The first-order chi connectivity index (χ1) is 9.11. The molecule has 1 aromatic carbocycles. The lowest BCUT2D eigenvalue weighted by atomic mass is 10.2. The lowest BCUT2D eigenvalue weighted by molar-refractivity contribution is 0.584. The summed E-state index contributed by atoms with van der Waals surface area (Å²) >= 11 is 0. The maximum atomic E-state index is 13.9. The number of nitrogens with zero attached hydrogens (tertiary/aromatic N) is 1. The molecule has 2 rings (SSSR count). The smallest absolute Gasteiger partial charge is 0.152 e. The summed E-state index contributed by atoms with van der Waals surface area (Å²) in [6.45, 7) is 4.26. The van der Waals surface area contributed by atoms with Gasteiger partial charge in [0.05, 0.1) is 0 Å². The van der Waals surface area contributed by atoms with Crippen LogP contribution in [0.3, 0.4) is 0 Å². The van der Waals surface area contributed by atoms with Gasteiger partial charge in [0.1, 0.15) is 23.1 Å². The fraction of sp³-hybridized carbons (Fsp3) is 0.214. The van der Waals surface area contributed by atoms with Crippen molar-refractivity contribution in [3.05, 3.63) is 47.5 Å². The Labute approximate surface area is 110 Å². The SMILES string of the molecule is CCNc1cccc(Nc2c(F)ccc(C)c2F)n1. The molecular weight excluding hydrogens is 248 g/mol. The molecule has 0 aliphatic heterocycles. The lowest BCUT2D eigenvalue weighted by Gasteiger charge is -2.11. The maximum absolute atomic E-state index is 13.9. The summed E-state index contributed by atoms with van der Waals surface area (Å²) < 4.78 is 27.5. The number of hydrogen-bond acceptors (Lipinski definition) is 3. The number of halogens is 2. The minimum absolute atomic E-state index is 0.179. The van der Waals surface area contributed by atoms with E-state index in [1.54, 1.807) is 25.1 Å². The quantitative estimate of drug-likeness (QED) is 0.880. The predicted molar refractivity (Wildman–Crippen MR) is 72.8 cm³/mol. The van der Waals surface area contributed by atoms with Crippen molar-refractivity contribution in [1.82, 2.24) is 4.98 Å². The van der Waals surface area contributed by atoms with Gasteiger partial charge in [0.2, 0.25) is 0 Å². The number of aryl methyl sites for hydroxylation is 1. The first kappa shape index (κ1) is 13.3. The number of anilines is 3. The number of rotatable bonds is 4. The van der Waals surface area contributed by atoms with Gasteiger partial charge in [0.25, 0.3) is 0 Å². The summed E-state index contributed by atoms with van der Waals surface area (Å²) in [7, 11) is 0. The second-order valence-corrected chi connectivity index (χ2v) is 4.12. The Morgan fingerprint density at radius 3 is 2.58 bits per heavy atom. The molecule has 1 aromatic heterocycles. The van der Waals surface area contributed by atoms with Crippen molar-refractivity contribution < 1.29 is 8.78 Å². The zero-order valence-electron chi connectivity index (χ0n) is 10.8. The van der Waals surface area contributed by atoms with Crippen molar-refractivity contribution in [3.8, 4) is 0 Å². The number of aromatic nitrogens is 1. The number of nitrogens with one attached hydrogen (secondary N) is 2. The van der Waals surface area contributed by atoms with Crippen LogP contribution >= 0.6 is 0 Å². The topological polar surface area (TPSA) is 37.0 Å². The molecule has 1 heterocycles. The van der Waals surface area contributed by atoms with Crippen molar-refractivity contribution in [2.45, 2.75) is 13.8 Å². The van der Waals surface area contributed by atoms with E-state index in [0.29, 0.717) is 17.2 Å².